The molecule has 7 aromatic rings. The minimum atomic E-state index is 0.103. The third kappa shape index (κ3) is 3.05. The first-order valence-electron chi connectivity index (χ1n) is 14.4. The Labute approximate surface area is 244 Å². The topological polar surface area (TPSA) is 40.8 Å². The fourth-order valence-electron chi connectivity index (χ4n) is 7.32. The second-order valence-electron chi connectivity index (χ2n) is 11.4. The number of hydrogen-bond donors (Lipinski definition) is 1. The number of hydrogen-bond acceptors (Lipinski definition) is 2. The second kappa shape index (κ2) is 8.49. The Morgan fingerprint density at radius 1 is 0.690 bits per heavy atom. The maximum absolute atomic E-state index is 9.40. The highest BCUT2D eigenvalue weighted by Gasteiger charge is 2.40. The van der Waals surface area contributed by atoms with Crippen LogP contribution in [0.25, 0.3) is 49.7 Å². The van der Waals surface area contributed by atoms with E-state index in [9.17, 15) is 5.26 Å². The van der Waals surface area contributed by atoms with Crippen LogP contribution in [0.5, 0.6) is 0 Å². The van der Waals surface area contributed by atoms with Crippen LogP contribution in [0.4, 0.5) is 11.4 Å². The summed E-state index contributed by atoms with van der Waals surface area (Å²) in [4.78, 5) is 0. The summed E-state index contributed by atoms with van der Waals surface area (Å²) >= 11 is 0. The Morgan fingerprint density at radius 3 is 2.29 bits per heavy atom. The number of anilines is 2. The number of benzene rings is 6. The maximum Gasteiger partial charge on any atom is 0.252 e. The van der Waals surface area contributed by atoms with E-state index in [0.717, 1.165) is 16.8 Å². The van der Waals surface area contributed by atoms with E-state index in [0.29, 0.717) is 5.56 Å². The van der Waals surface area contributed by atoms with Crippen LogP contribution in [0.1, 0.15) is 11.1 Å². The molecular weight excluding hydrogens is 509 g/mol. The van der Waals surface area contributed by atoms with Gasteiger partial charge in [-0.1, -0.05) is 91.0 Å². The van der Waals surface area contributed by atoms with E-state index in [-0.39, 0.29) is 6.71 Å². The zero-order valence-electron chi connectivity index (χ0n) is 23.0. The largest absolute Gasteiger partial charge is 0.356 e. The first-order chi connectivity index (χ1) is 20.7. The molecule has 3 heterocycles. The third-order valence-electron chi connectivity index (χ3n) is 9.17. The van der Waals surface area contributed by atoms with Crippen molar-refractivity contribution in [2.75, 3.05) is 5.32 Å². The number of fused-ring (bicyclic) bond motifs is 7. The molecule has 0 spiro atoms. The molecule has 6 aromatic carbocycles. The van der Waals surface area contributed by atoms with Crippen molar-refractivity contribution in [2.24, 2.45) is 0 Å². The lowest BCUT2D eigenvalue weighted by molar-refractivity contribution is 1.19. The Kier molecular flexibility index (Phi) is 4.69. The average molecular weight is 533 g/mol. The predicted molar refractivity (Wildman–Crippen MR) is 175 cm³/mol. The van der Waals surface area contributed by atoms with Gasteiger partial charge in [-0.15, -0.1) is 0 Å². The highest BCUT2D eigenvalue weighted by Crippen LogP contribution is 2.40. The normalized spacial score (nSPS) is 12.5. The van der Waals surface area contributed by atoms with Crippen molar-refractivity contribution < 1.29 is 0 Å². The van der Waals surface area contributed by atoms with Gasteiger partial charge in [0.25, 0.3) is 6.71 Å². The molecule has 0 saturated heterocycles. The third-order valence-corrected chi connectivity index (χ3v) is 9.17. The maximum atomic E-state index is 9.40. The Bertz CT molecular complexity index is 2300. The highest BCUT2D eigenvalue weighted by molar-refractivity contribution is 7.00. The molecule has 0 unspecified atom stereocenters. The van der Waals surface area contributed by atoms with Crippen molar-refractivity contribution in [1.82, 2.24) is 4.57 Å². The van der Waals surface area contributed by atoms with Crippen molar-refractivity contribution in [1.29, 1.82) is 5.26 Å². The molecule has 0 amide bonds. The van der Waals surface area contributed by atoms with Gasteiger partial charge in [-0.05, 0) is 75.9 Å². The van der Waals surface area contributed by atoms with Gasteiger partial charge in [0.2, 0.25) is 0 Å². The van der Waals surface area contributed by atoms with E-state index >= 15 is 0 Å². The van der Waals surface area contributed by atoms with Crippen LogP contribution in [-0.4, -0.2) is 11.3 Å². The number of nitrogens with zero attached hydrogens (tertiary/aromatic N) is 2. The molecule has 2 aliphatic rings. The number of aromatic nitrogens is 1. The number of rotatable bonds is 2. The first-order valence-corrected chi connectivity index (χ1v) is 14.4. The quantitative estimate of drug-likeness (QED) is 0.239. The lowest BCUT2D eigenvalue weighted by Crippen LogP contribution is -2.59. The molecule has 3 nitrogen and oxygen atoms in total. The summed E-state index contributed by atoms with van der Waals surface area (Å²) in [5, 5.41) is 15.9. The van der Waals surface area contributed by atoms with Gasteiger partial charge in [-0.2, -0.15) is 5.26 Å². The summed E-state index contributed by atoms with van der Waals surface area (Å²) in [5.41, 5.74) is 16.6. The van der Waals surface area contributed by atoms with Crippen LogP contribution in [0.2, 0.25) is 0 Å². The summed E-state index contributed by atoms with van der Waals surface area (Å²) in [6, 6.07) is 45.7. The number of aryl methyl sites for hydroxylation is 1. The Morgan fingerprint density at radius 2 is 1.43 bits per heavy atom. The van der Waals surface area contributed by atoms with Crippen molar-refractivity contribution >= 4 is 56.3 Å². The lowest BCUT2D eigenvalue weighted by atomic mass is 9.34. The van der Waals surface area contributed by atoms with Crippen LogP contribution in [0.3, 0.4) is 0 Å². The van der Waals surface area contributed by atoms with Gasteiger partial charge in [0.05, 0.1) is 17.1 Å². The van der Waals surface area contributed by atoms with Crippen molar-refractivity contribution in [3.05, 3.63) is 132 Å². The zero-order valence-corrected chi connectivity index (χ0v) is 23.0. The van der Waals surface area contributed by atoms with Crippen LogP contribution >= 0.6 is 0 Å². The fourth-order valence-corrected chi connectivity index (χ4v) is 7.32. The monoisotopic (exact) mass is 533 g/mol. The van der Waals surface area contributed by atoms with E-state index in [1.54, 1.807) is 0 Å². The summed E-state index contributed by atoms with van der Waals surface area (Å²) in [7, 11) is 0. The summed E-state index contributed by atoms with van der Waals surface area (Å²) < 4.78 is 2.47. The van der Waals surface area contributed by atoms with E-state index < -0.39 is 0 Å². The number of nitrogens with one attached hydrogen (secondary N) is 1. The van der Waals surface area contributed by atoms with Crippen molar-refractivity contribution in [3.63, 3.8) is 0 Å². The Hall–Kier alpha value is -5.53. The zero-order chi connectivity index (χ0) is 27.9. The molecule has 4 heteroatoms. The van der Waals surface area contributed by atoms with Crippen LogP contribution in [-0.2, 0) is 0 Å². The van der Waals surface area contributed by atoms with Gasteiger partial charge in [0, 0.05) is 38.9 Å². The van der Waals surface area contributed by atoms with E-state index in [1.807, 2.05) is 12.1 Å². The number of para-hydroxylation sites is 3. The molecule has 0 bridgehead atoms. The van der Waals surface area contributed by atoms with Crippen LogP contribution in [0.15, 0.2) is 121 Å². The van der Waals surface area contributed by atoms with Crippen LogP contribution < -0.4 is 21.7 Å². The summed E-state index contributed by atoms with van der Waals surface area (Å²) in [6.45, 7) is 2.29. The molecule has 2 aliphatic heterocycles. The molecule has 0 saturated carbocycles. The van der Waals surface area contributed by atoms with E-state index in [2.05, 4.69) is 132 Å². The molecule has 42 heavy (non-hydrogen) atoms. The molecule has 0 aliphatic carbocycles. The smallest absolute Gasteiger partial charge is 0.252 e. The SMILES string of the molecule is Cc1ccccc1-c1cccc2c1Nc1cc(-c3ccc(C#N)cc3)cc3c1B2c1cccc2c4ccccc4n-3c12. The predicted octanol–water partition coefficient (Wildman–Crippen LogP) is 7.18. The van der Waals surface area contributed by atoms with Crippen LogP contribution in [0, 0.1) is 18.3 Å². The Balaban J connectivity index is 1.41. The minimum absolute atomic E-state index is 0.103. The minimum Gasteiger partial charge on any atom is -0.356 e. The molecule has 0 radical (unpaired) electrons. The molecule has 0 atom stereocenters. The molecular formula is C38H24BN3. The van der Waals surface area contributed by atoms with E-state index in [4.69, 9.17) is 0 Å². The van der Waals surface area contributed by atoms with Gasteiger partial charge >= 0.3 is 0 Å². The summed E-state index contributed by atoms with van der Waals surface area (Å²) in [6.07, 6.45) is 0. The first kappa shape index (κ1) is 23.2. The molecule has 194 valence electrons. The number of nitriles is 1. The average Bonchev–Trinajstić information content (AvgIpc) is 3.38. The standard InChI is InChI=1S/C38H24BN3/c1-23-8-2-3-9-27(23)29-11-6-13-31-37(29)41-33-20-26(25-18-16-24(22-40)17-19-25)21-35-36(33)39(31)32-14-7-12-30-28-10-4-5-15-34(28)42(35)38(30)32/h2-21,41H,1H3. The van der Waals surface area contributed by atoms with Gasteiger partial charge in [-0.25, -0.2) is 0 Å². The van der Waals surface area contributed by atoms with Crippen molar-refractivity contribution in [2.45, 2.75) is 6.92 Å². The summed E-state index contributed by atoms with van der Waals surface area (Å²) in [5.74, 6) is 0. The van der Waals surface area contributed by atoms with Gasteiger partial charge in [-0.3, -0.25) is 0 Å². The molecule has 9 rings (SSSR count). The second-order valence-corrected chi connectivity index (χ2v) is 11.4. The van der Waals surface area contributed by atoms with Gasteiger partial charge in [0.15, 0.2) is 0 Å². The van der Waals surface area contributed by atoms with Gasteiger partial charge < -0.3 is 9.88 Å². The highest BCUT2D eigenvalue weighted by atomic mass is 15.0. The lowest BCUT2D eigenvalue weighted by Gasteiger charge is -2.35. The molecule has 1 N–H and O–H groups in total. The van der Waals surface area contributed by atoms with Gasteiger partial charge in [0.1, 0.15) is 0 Å². The fraction of sp³-hybridized carbons (Fsp3) is 0.0263. The molecule has 1 aromatic heterocycles. The van der Waals surface area contributed by atoms with E-state index in [1.165, 1.54) is 66.3 Å². The van der Waals surface area contributed by atoms with Crippen molar-refractivity contribution in [3.8, 4) is 34.0 Å². The molecule has 0 fully saturated rings.